The lowest BCUT2D eigenvalue weighted by Gasteiger charge is -2.22. The number of nitrogens with one attached hydrogen (secondary N) is 1. The second-order valence-corrected chi connectivity index (χ2v) is 22.5. The SMILES string of the molecule is CCCCCCCCCCCCCCCCCCC(=O)OCCCCCCCCCCCCCCCCCCCCCCCC(=O)NC(CO)C(O)CCCCCCCCCCCCCCCCCC. The summed E-state index contributed by atoms with van der Waals surface area (Å²) in [6, 6.07) is -0.541. The zero-order valence-electron chi connectivity index (χ0n) is 47.8. The predicted octanol–water partition coefficient (Wildman–Crippen LogP) is 20.3. The third-order valence-electron chi connectivity index (χ3n) is 15.4. The van der Waals surface area contributed by atoms with Gasteiger partial charge in [0.15, 0.2) is 0 Å². The number of hydrogen-bond acceptors (Lipinski definition) is 5. The minimum Gasteiger partial charge on any atom is -0.466 e. The van der Waals surface area contributed by atoms with Crippen molar-refractivity contribution in [2.45, 2.75) is 386 Å². The van der Waals surface area contributed by atoms with Gasteiger partial charge in [-0.05, 0) is 25.7 Å². The molecular formula is C64H127NO5. The van der Waals surface area contributed by atoms with Crippen LogP contribution in [-0.2, 0) is 14.3 Å². The molecule has 6 nitrogen and oxygen atoms in total. The van der Waals surface area contributed by atoms with E-state index in [0.29, 0.717) is 25.9 Å². The maximum atomic E-state index is 12.5. The molecule has 0 rings (SSSR count). The fourth-order valence-electron chi connectivity index (χ4n) is 10.5. The lowest BCUT2D eigenvalue weighted by Crippen LogP contribution is -2.45. The Morgan fingerprint density at radius 3 is 0.871 bits per heavy atom. The van der Waals surface area contributed by atoms with Gasteiger partial charge in [-0.15, -0.1) is 0 Å². The number of esters is 1. The van der Waals surface area contributed by atoms with Gasteiger partial charge in [0.1, 0.15) is 0 Å². The highest BCUT2D eigenvalue weighted by atomic mass is 16.5. The Labute approximate surface area is 438 Å². The third kappa shape index (κ3) is 56.2. The number of aliphatic hydroxyl groups is 2. The maximum absolute atomic E-state index is 12.5. The van der Waals surface area contributed by atoms with Gasteiger partial charge in [0.05, 0.1) is 25.4 Å². The molecule has 1 amide bonds. The summed E-state index contributed by atoms with van der Waals surface area (Å²) >= 11 is 0. The van der Waals surface area contributed by atoms with Crippen molar-refractivity contribution >= 4 is 11.9 Å². The first-order valence-corrected chi connectivity index (χ1v) is 32.3. The Balaban J connectivity index is 3.36. The molecule has 0 radical (unpaired) electrons. The lowest BCUT2D eigenvalue weighted by molar-refractivity contribution is -0.143. The van der Waals surface area contributed by atoms with Crippen molar-refractivity contribution in [2.24, 2.45) is 0 Å². The van der Waals surface area contributed by atoms with Crippen LogP contribution in [-0.4, -0.2) is 47.4 Å². The van der Waals surface area contributed by atoms with Gasteiger partial charge in [0.2, 0.25) is 5.91 Å². The molecule has 2 atom stereocenters. The zero-order chi connectivity index (χ0) is 50.7. The summed E-state index contributed by atoms with van der Waals surface area (Å²) in [7, 11) is 0. The Kier molecular flexibility index (Phi) is 59.4. The average molecular weight is 991 g/mol. The summed E-state index contributed by atoms with van der Waals surface area (Å²) < 4.78 is 5.50. The largest absolute Gasteiger partial charge is 0.466 e. The molecule has 0 aliphatic rings. The number of aliphatic hydroxyl groups excluding tert-OH is 2. The van der Waals surface area contributed by atoms with Crippen LogP contribution in [0.25, 0.3) is 0 Å². The first kappa shape index (κ1) is 68.9. The summed E-state index contributed by atoms with van der Waals surface area (Å²) in [5, 5.41) is 23.3. The molecule has 0 aromatic rings. The zero-order valence-corrected chi connectivity index (χ0v) is 47.8. The van der Waals surface area contributed by atoms with Gasteiger partial charge < -0.3 is 20.3 Å². The molecule has 70 heavy (non-hydrogen) atoms. The summed E-state index contributed by atoms with van der Waals surface area (Å²) in [5.74, 6) is -0.0155. The van der Waals surface area contributed by atoms with Crippen LogP contribution < -0.4 is 5.32 Å². The summed E-state index contributed by atoms with van der Waals surface area (Å²) in [6.07, 6.45) is 71.2. The number of rotatable bonds is 61. The average Bonchev–Trinajstić information content (AvgIpc) is 3.36. The summed E-state index contributed by atoms with van der Waals surface area (Å²) in [6.45, 7) is 4.99. The van der Waals surface area contributed by atoms with Gasteiger partial charge >= 0.3 is 5.97 Å². The van der Waals surface area contributed by atoms with Crippen molar-refractivity contribution < 1.29 is 24.5 Å². The molecule has 6 heteroatoms. The Hall–Kier alpha value is -1.14. The van der Waals surface area contributed by atoms with E-state index in [0.717, 1.165) is 38.5 Å². The molecule has 0 heterocycles. The van der Waals surface area contributed by atoms with E-state index in [1.165, 1.54) is 302 Å². The molecule has 0 saturated carbocycles. The first-order valence-electron chi connectivity index (χ1n) is 32.3. The fourth-order valence-corrected chi connectivity index (χ4v) is 10.5. The van der Waals surface area contributed by atoms with E-state index in [1.54, 1.807) is 0 Å². The number of carbonyl (C=O) groups excluding carboxylic acids is 2. The molecule has 2 unspecified atom stereocenters. The first-order chi connectivity index (χ1) is 34.5. The molecule has 0 fully saturated rings. The Morgan fingerprint density at radius 1 is 0.343 bits per heavy atom. The number of amides is 1. The molecule has 0 saturated heterocycles. The standard InChI is InChI=1S/C64H127NO5/c1-3-5-7-9-11-13-15-17-19-28-32-36-40-44-48-52-56-62(67)61(60-66)65-63(68)57-53-49-45-41-37-33-29-26-24-22-21-23-25-27-31-35-39-43-47-51-55-59-70-64(69)58-54-50-46-42-38-34-30-20-18-16-14-12-10-8-6-4-2/h61-62,66-67H,3-60H2,1-2H3,(H,65,68). The van der Waals surface area contributed by atoms with E-state index in [9.17, 15) is 19.8 Å². The highest BCUT2D eigenvalue weighted by molar-refractivity contribution is 5.76. The highest BCUT2D eigenvalue weighted by Crippen LogP contribution is 2.19. The molecular weight excluding hydrogens is 863 g/mol. The van der Waals surface area contributed by atoms with Gasteiger partial charge in [-0.2, -0.15) is 0 Å². The number of hydrogen-bond donors (Lipinski definition) is 3. The lowest BCUT2D eigenvalue weighted by atomic mass is 10.0. The molecule has 3 N–H and O–H groups in total. The van der Waals surface area contributed by atoms with Crippen LogP contribution >= 0.6 is 0 Å². The quantitative estimate of drug-likeness (QED) is 0.0417. The van der Waals surface area contributed by atoms with Crippen LogP contribution in [0.3, 0.4) is 0 Å². The van der Waals surface area contributed by atoms with Gasteiger partial charge in [-0.3, -0.25) is 9.59 Å². The molecule has 0 spiro atoms. The van der Waals surface area contributed by atoms with Gasteiger partial charge in [-0.1, -0.05) is 335 Å². The highest BCUT2D eigenvalue weighted by Gasteiger charge is 2.20. The van der Waals surface area contributed by atoms with E-state index in [1.807, 2.05) is 0 Å². The minimum atomic E-state index is -0.664. The Bertz CT molecular complexity index is 1010. The van der Waals surface area contributed by atoms with Crippen LogP contribution in [0.1, 0.15) is 373 Å². The normalized spacial score (nSPS) is 12.5. The molecule has 0 aliphatic carbocycles. The third-order valence-corrected chi connectivity index (χ3v) is 15.4. The second kappa shape index (κ2) is 60.4. The number of carbonyl (C=O) groups is 2. The van der Waals surface area contributed by atoms with E-state index < -0.39 is 12.1 Å². The van der Waals surface area contributed by atoms with Crippen LogP contribution in [0.5, 0.6) is 0 Å². The van der Waals surface area contributed by atoms with Crippen LogP contribution in [0.2, 0.25) is 0 Å². The van der Waals surface area contributed by atoms with Crippen molar-refractivity contribution in [1.29, 1.82) is 0 Å². The second-order valence-electron chi connectivity index (χ2n) is 22.5. The van der Waals surface area contributed by atoms with Crippen LogP contribution in [0, 0.1) is 0 Å². The summed E-state index contributed by atoms with van der Waals surface area (Å²) in [5.41, 5.74) is 0. The van der Waals surface area contributed by atoms with Gasteiger partial charge in [-0.25, -0.2) is 0 Å². The summed E-state index contributed by atoms with van der Waals surface area (Å²) in [4.78, 5) is 24.6. The molecule has 0 aromatic carbocycles. The maximum Gasteiger partial charge on any atom is 0.305 e. The van der Waals surface area contributed by atoms with Gasteiger partial charge in [0.25, 0.3) is 0 Å². The van der Waals surface area contributed by atoms with Gasteiger partial charge in [0, 0.05) is 12.8 Å². The van der Waals surface area contributed by atoms with Crippen molar-refractivity contribution in [3.63, 3.8) is 0 Å². The van der Waals surface area contributed by atoms with Crippen molar-refractivity contribution in [1.82, 2.24) is 5.32 Å². The van der Waals surface area contributed by atoms with Crippen LogP contribution in [0.4, 0.5) is 0 Å². The van der Waals surface area contributed by atoms with E-state index >= 15 is 0 Å². The fraction of sp³-hybridized carbons (Fsp3) is 0.969. The van der Waals surface area contributed by atoms with Crippen molar-refractivity contribution in [2.75, 3.05) is 13.2 Å². The Morgan fingerprint density at radius 2 is 0.586 bits per heavy atom. The smallest absolute Gasteiger partial charge is 0.305 e. The van der Waals surface area contributed by atoms with E-state index in [2.05, 4.69) is 19.2 Å². The van der Waals surface area contributed by atoms with E-state index in [4.69, 9.17) is 4.74 Å². The molecule has 0 aliphatic heterocycles. The van der Waals surface area contributed by atoms with Crippen molar-refractivity contribution in [3.05, 3.63) is 0 Å². The van der Waals surface area contributed by atoms with E-state index in [-0.39, 0.29) is 18.5 Å². The van der Waals surface area contributed by atoms with Crippen molar-refractivity contribution in [3.8, 4) is 0 Å². The molecule has 0 bridgehead atoms. The molecule has 418 valence electrons. The number of ether oxygens (including phenoxy) is 1. The molecule has 0 aromatic heterocycles. The number of unbranched alkanes of at least 4 members (excludes halogenated alkanes) is 50. The monoisotopic (exact) mass is 990 g/mol. The predicted molar refractivity (Wildman–Crippen MR) is 306 cm³/mol. The van der Waals surface area contributed by atoms with Crippen LogP contribution in [0.15, 0.2) is 0 Å². The minimum absolute atomic E-state index is 0.0167. The topological polar surface area (TPSA) is 95.9 Å².